The summed E-state index contributed by atoms with van der Waals surface area (Å²) in [5, 5.41) is 6.93. The quantitative estimate of drug-likeness (QED) is 0.435. The van der Waals surface area contributed by atoms with E-state index in [-0.39, 0.29) is 17.9 Å². The first-order chi connectivity index (χ1) is 16.2. The Morgan fingerprint density at radius 3 is 2.44 bits per heavy atom. The first-order valence-electron chi connectivity index (χ1n) is 13.4. The van der Waals surface area contributed by atoms with Gasteiger partial charge in [0, 0.05) is 43.3 Å². The number of hydrogen-bond acceptors (Lipinski definition) is 3. The highest BCUT2D eigenvalue weighted by atomic mass is 16.2. The Bertz CT molecular complexity index is 868. The summed E-state index contributed by atoms with van der Waals surface area (Å²) in [7, 11) is 0. The Hall–Kier alpha value is -2.07. The van der Waals surface area contributed by atoms with Gasteiger partial charge in [-0.2, -0.15) is 0 Å². The second-order valence-corrected chi connectivity index (χ2v) is 11.3. The molecule has 1 amide bonds. The van der Waals surface area contributed by atoms with E-state index in [2.05, 4.69) is 94.0 Å². The van der Waals surface area contributed by atoms with Crippen LogP contribution in [-0.4, -0.2) is 42.5 Å². The molecule has 2 aliphatic rings. The first-order valence-corrected chi connectivity index (χ1v) is 13.4. The fraction of sp³-hybridized carbons (Fsp3) is 0.633. The van der Waals surface area contributed by atoms with Crippen LogP contribution in [0.5, 0.6) is 0 Å². The molecule has 1 aromatic carbocycles. The lowest BCUT2D eigenvalue weighted by atomic mass is 9.86. The van der Waals surface area contributed by atoms with E-state index in [1.54, 1.807) is 0 Å². The van der Waals surface area contributed by atoms with Crippen LogP contribution in [0, 0.1) is 30.6 Å². The minimum Gasteiger partial charge on any atom is -0.368 e. The highest BCUT2D eigenvalue weighted by Gasteiger charge is 2.36. The average Bonchev–Trinajstić information content (AvgIpc) is 3.65. The smallest absolute Gasteiger partial charge is 0.224 e. The Morgan fingerprint density at radius 2 is 1.85 bits per heavy atom. The predicted molar refractivity (Wildman–Crippen MR) is 144 cm³/mol. The van der Waals surface area contributed by atoms with Crippen LogP contribution in [-0.2, 0) is 4.79 Å². The van der Waals surface area contributed by atoms with E-state index in [4.69, 9.17) is 0 Å². The van der Waals surface area contributed by atoms with E-state index in [9.17, 15) is 4.79 Å². The molecule has 1 aromatic rings. The summed E-state index contributed by atoms with van der Waals surface area (Å²) in [4.78, 5) is 15.8. The number of amides is 1. The molecule has 0 spiro atoms. The fourth-order valence-electron chi connectivity index (χ4n) is 5.24. The number of nitrogens with zero attached hydrogens (tertiary/aromatic N) is 1. The molecule has 1 aliphatic heterocycles. The van der Waals surface area contributed by atoms with E-state index in [1.165, 1.54) is 35.2 Å². The van der Waals surface area contributed by atoms with Gasteiger partial charge in [-0.25, -0.2) is 0 Å². The monoisotopic (exact) mass is 465 g/mol. The van der Waals surface area contributed by atoms with Crippen LogP contribution >= 0.6 is 0 Å². The minimum absolute atomic E-state index is 0.00233. The van der Waals surface area contributed by atoms with Crippen molar-refractivity contribution in [1.82, 2.24) is 15.5 Å². The van der Waals surface area contributed by atoms with Crippen LogP contribution in [0.25, 0.3) is 5.57 Å². The van der Waals surface area contributed by atoms with Crippen molar-refractivity contribution in [3.05, 3.63) is 53.7 Å². The van der Waals surface area contributed by atoms with Crippen molar-refractivity contribution in [3.8, 4) is 0 Å². The van der Waals surface area contributed by atoms with Crippen LogP contribution in [0.3, 0.4) is 0 Å². The summed E-state index contributed by atoms with van der Waals surface area (Å²) in [6.45, 7) is 20.3. The largest absolute Gasteiger partial charge is 0.368 e. The summed E-state index contributed by atoms with van der Waals surface area (Å²) in [6.07, 6.45) is 6.63. The SMILES string of the molecule is C=C(C1CNCC(C(=O)NC(CC(C)C)C(C)C)C1)N(C/C(=C/C)c1ccccc1C)C1CC1. The molecule has 1 heterocycles. The van der Waals surface area contributed by atoms with Crippen molar-refractivity contribution in [1.29, 1.82) is 0 Å². The van der Waals surface area contributed by atoms with Crippen molar-refractivity contribution in [3.63, 3.8) is 0 Å². The number of benzene rings is 1. The highest BCUT2D eigenvalue weighted by Crippen LogP contribution is 2.36. The van der Waals surface area contributed by atoms with E-state index >= 15 is 0 Å². The van der Waals surface area contributed by atoms with Crippen molar-refractivity contribution in [2.24, 2.45) is 23.7 Å². The second kappa shape index (κ2) is 12.1. The predicted octanol–water partition coefficient (Wildman–Crippen LogP) is 5.79. The van der Waals surface area contributed by atoms with Gasteiger partial charge in [0.2, 0.25) is 5.91 Å². The maximum atomic E-state index is 13.2. The molecule has 4 heteroatoms. The number of rotatable bonds is 11. The molecule has 2 fully saturated rings. The lowest BCUT2D eigenvalue weighted by Gasteiger charge is -2.38. The van der Waals surface area contributed by atoms with Gasteiger partial charge in [0.25, 0.3) is 0 Å². The Balaban J connectivity index is 1.67. The molecule has 3 atom stereocenters. The average molecular weight is 466 g/mol. The second-order valence-electron chi connectivity index (χ2n) is 11.3. The third-order valence-electron chi connectivity index (χ3n) is 7.59. The lowest BCUT2D eigenvalue weighted by Crippen LogP contribution is -2.49. The molecule has 34 heavy (non-hydrogen) atoms. The molecule has 188 valence electrons. The van der Waals surface area contributed by atoms with Crippen LogP contribution in [0.4, 0.5) is 0 Å². The zero-order valence-corrected chi connectivity index (χ0v) is 22.4. The molecule has 2 N–H and O–H groups in total. The van der Waals surface area contributed by atoms with Gasteiger partial charge in [-0.15, -0.1) is 0 Å². The molecule has 1 saturated carbocycles. The molecular weight excluding hydrogens is 418 g/mol. The van der Waals surface area contributed by atoms with Gasteiger partial charge in [-0.05, 0) is 68.1 Å². The van der Waals surface area contributed by atoms with Gasteiger partial charge in [0.15, 0.2) is 0 Å². The molecule has 0 radical (unpaired) electrons. The number of carbonyl (C=O) groups is 1. The van der Waals surface area contributed by atoms with Gasteiger partial charge < -0.3 is 15.5 Å². The Morgan fingerprint density at radius 1 is 1.18 bits per heavy atom. The number of carbonyl (C=O) groups excluding carboxylic acids is 1. The molecule has 0 aromatic heterocycles. The third kappa shape index (κ3) is 6.97. The number of nitrogens with one attached hydrogen (secondary N) is 2. The fourth-order valence-corrected chi connectivity index (χ4v) is 5.24. The normalized spacial score (nSPS) is 22.1. The summed E-state index contributed by atoms with van der Waals surface area (Å²) < 4.78 is 0. The van der Waals surface area contributed by atoms with Crippen molar-refractivity contribution in [2.45, 2.75) is 79.3 Å². The van der Waals surface area contributed by atoms with Crippen molar-refractivity contribution in [2.75, 3.05) is 19.6 Å². The Kier molecular flexibility index (Phi) is 9.41. The van der Waals surface area contributed by atoms with Crippen LogP contribution < -0.4 is 10.6 Å². The van der Waals surface area contributed by atoms with Crippen LogP contribution in [0.1, 0.15) is 71.4 Å². The highest BCUT2D eigenvalue weighted by molar-refractivity contribution is 5.79. The molecule has 4 nitrogen and oxygen atoms in total. The van der Waals surface area contributed by atoms with E-state index in [0.717, 1.165) is 32.5 Å². The van der Waals surface area contributed by atoms with E-state index in [0.29, 0.717) is 23.8 Å². The summed E-state index contributed by atoms with van der Waals surface area (Å²) in [5.41, 5.74) is 5.20. The van der Waals surface area contributed by atoms with Gasteiger partial charge in [-0.1, -0.05) is 64.6 Å². The summed E-state index contributed by atoms with van der Waals surface area (Å²) >= 11 is 0. The molecule has 1 saturated heterocycles. The van der Waals surface area contributed by atoms with Gasteiger partial charge >= 0.3 is 0 Å². The third-order valence-corrected chi connectivity index (χ3v) is 7.59. The summed E-state index contributed by atoms with van der Waals surface area (Å²) in [6, 6.07) is 9.46. The summed E-state index contributed by atoms with van der Waals surface area (Å²) in [5.74, 6) is 1.52. The molecule has 3 rings (SSSR count). The molecular formula is C30H47N3O. The number of aryl methyl sites for hydroxylation is 1. The van der Waals surface area contributed by atoms with E-state index in [1.807, 2.05) is 0 Å². The van der Waals surface area contributed by atoms with Crippen LogP contribution in [0.15, 0.2) is 42.6 Å². The molecule has 0 bridgehead atoms. The zero-order chi connectivity index (χ0) is 24.8. The van der Waals surface area contributed by atoms with Gasteiger partial charge in [0.1, 0.15) is 0 Å². The molecule has 1 aliphatic carbocycles. The van der Waals surface area contributed by atoms with Gasteiger partial charge in [-0.3, -0.25) is 4.79 Å². The maximum absolute atomic E-state index is 13.2. The Labute approximate surface area is 208 Å². The van der Waals surface area contributed by atoms with E-state index < -0.39 is 0 Å². The zero-order valence-electron chi connectivity index (χ0n) is 22.4. The maximum Gasteiger partial charge on any atom is 0.224 e. The van der Waals surface area contributed by atoms with Crippen molar-refractivity contribution >= 4 is 11.5 Å². The number of hydrogen-bond donors (Lipinski definition) is 2. The topological polar surface area (TPSA) is 44.4 Å². The standard InChI is InChI=1S/C30H47N3O/c1-8-24(28-12-10-9-11-22(28)6)19-33(27-13-14-27)23(7)25-16-26(18-31-17-25)30(34)32-29(21(4)5)15-20(2)3/h8-12,20-21,25-27,29,31H,7,13-19H2,1-6H3,(H,32,34)/b24-8-. The first kappa shape index (κ1) is 26.5. The number of piperidine rings is 1. The lowest BCUT2D eigenvalue weighted by molar-refractivity contribution is -0.127. The molecule has 3 unspecified atom stereocenters. The van der Waals surface area contributed by atoms with Gasteiger partial charge in [0.05, 0.1) is 5.92 Å². The minimum atomic E-state index is 0.00233. The number of allylic oxidation sites excluding steroid dienone is 1. The van der Waals surface area contributed by atoms with Crippen LogP contribution in [0.2, 0.25) is 0 Å². The van der Waals surface area contributed by atoms with Crippen molar-refractivity contribution < 1.29 is 4.79 Å².